The van der Waals surface area contributed by atoms with Gasteiger partial charge in [0.15, 0.2) is 0 Å². The molecule has 3 rings (SSSR count). The van der Waals surface area contributed by atoms with E-state index >= 15 is 0 Å². The molecule has 1 aromatic carbocycles. The van der Waals surface area contributed by atoms with Gasteiger partial charge in [-0.05, 0) is 36.9 Å². The Hall–Kier alpha value is -1.85. The van der Waals surface area contributed by atoms with Crippen LogP contribution in [0.3, 0.4) is 0 Å². The summed E-state index contributed by atoms with van der Waals surface area (Å²) in [4.78, 5) is 14.9. The lowest BCUT2D eigenvalue weighted by Gasteiger charge is -2.37. The predicted octanol–water partition coefficient (Wildman–Crippen LogP) is 3.64. The van der Waals surface area contributed by atoms with Gasteiger partial charge in [0, 0.05) is 17.0 Å². The first-order chi connectivity index (χ1) is 11.2. The average molecular weight is 331 g/mol. The number of aliphatic carboxylic acids is 1. The third-order valence-corrected chi connectivity index (χ3v) is 5.34. The second-order valence-electron chi connectivity index (χ2n) is 5.83. The number of methoxy groups -OCH3 is 1. The Morgan fingerprint density at radius 3 is 2.87 bits per heavy atom. The molecule has 1 aliphatic rings. The number of piperidine rings is 1. The van der Waals surface area contributed by atoms with Gasteiger partial charge in [-0.3, -0.25) is 9.69 Å². The predicted molar refractivity (Wildman–Crippen MR) is 91.1 cm³/mol. The van der Waals surface area contributed by atoms with Gasteiger partial charge < -0.3 is 9.84 Å². The molecule has 2 unspecified atom stereocenters. The van der Waals surface area contributed by atoms with Gasteiger partial charge in [-0.15, -0.1) is 11.3 Å². The van der Waals surface area contributed by atoms with Gasteiger partial charge in [0.1, 0.15) is 5.75 Å². The van der Waals surface area contributed by atoms with Crippen molar-refractivity contribution >= 4 is 17.3 Å². The van der Waals surface area contributed by atoms with Crippen LogP contribution >= 0.6 is 11.3 Å². The van der Waals surface area contributed by atoms with E-state index in [1.54, 1.807) is 18.4 Å². The first-order valence-electron chi connectivity index (χ1n) is 7.84. The van der Waals surface area contributed by atoms with Gasteiger partial charge in [-0.2, -0.15) is 0 Å². The first kappa shape index (κ1) is 16.0. The van der Waals surface area contributed by atoms with E-state index < -0.39 is 5.97 Å². The summed E-state index contributed by atoms with van der Waals surface area (Å²) in [5.74, 6) is -0.135. The van der Waals surface area contributed by atoms with E-state index in [2.05, 4.69) is 22.4 Å². The lowest BCUT2D eigenvalue weighted by atomic mass is 9.94. The minimum Gasteiger partial charge on any atom is -0.496 e. The van der Waals surface area contributed by atoms with E-state index in [1.807, 2.05) is 24.3 Å². The molecule has 0 bridgehead atoms. The average Bonchev–Trinajstić information content (AvgIpc) is 3.10. The second-order valence-corrected chi connectivity index (χ2v) is 6.81. The summed E-state index contributed by atoms with van der Waals surface area (Å²) in [5.41, 5.74) is 1.10. The highest BCUT2D eigenvalue weighted by Gasteiger charge is 2.32. The zero-order valence-corrected chi connectivity index (χ0v) is 14.0. The first-order valence-corrected chi connectivity index (χ1v) is 8.72. The van der Waals surface area contributed by atoms with Crippen LogP contribution in [-0.2, 0) is 4.79 Å². The molecular weight excluding hydrogens is 310 g/mol. The van der Waals surface area contributed by atoms with Gasteiger partial charge in [0.2, 0.25) is 0 Å². The molecule has 1 saturated heterocycles. The van der Waals surface area contributed by atoms with Crippen LogP contribution in [0.25, 0.3) is 0 Å². The Balaban J connectivity index is 1.98. The van der Waals surface area contributed by atoms with Crippen LogP contribution in [0, 0.1) is 5.92 Å². The number of carbonyl (C=O) groups is 1. The molecule has 0 radical (unpaired) electrons. The van der Waals surface area contributed by atoms with Gasteiger partial charge in [0.05, 0.1) is 19.1 Å². The Morgan fingerprint density at radius 2 is 2.17 bits per heavy atom. The monoisotopic (exact) mass is 331 g/mol. The third-order valence-electron chi connectivity index (χ3n) is 4.41. The van der Waals surface area contributed by atoms with Gasteiger partial charge in [-0.25, -0.2) is 0 Å². The van der Waals surface area contributed by atoms with Gasteiger partial charge in [-0.1, -0.05) is 24.3 Å². The molecule has 1 aromatic heterocycles. The molecule has 0 saturated carbocycles. The summed E-state index contributed by atoms with van der Waals surface area (Å²) in [6, 6.07) is 12.2. The zero-order chi connectivity index (χ0) is 16.2. The minimum absolute atomic E-state index is 0.0494. The van der Waals surface area contributed by atoms with Crippen molar-refractivity contribution in [3.8, 4) is 5.75 Å². The van der Waals surface area contributed by atoms with E-state index in [0.29, 0.717) is 6.54 Å². The topological polar surface area (TPSA) is 49.8 Å². The quantitative estimate of drug-likeness (QED) is 0.909. The Labute approximate surface area is 140 Å². The van der Waals surface area contributed by atoms with Crippen molar-refractivity contribution in [2.75, 3.05) is 20.2 Å². The van der Waals surface area contributed by atoms with Crippen molar-refractivity contribution in [2.24, 2.45) is 5.92 Å². The molecule has 4 nitrogen and oxygen atoms in total. The Bertz CT molecular complexity index is 656. The Kier molecular flexibility index (Phi) is 4.98. The number of likely N-dealkylation sites (tertiary alicyclic amines) is 1. The van der Waals surface area contributed by atoms with Crippen LogP contribution < -0.4 is 4.74 Å². The number of hydrogen-bond acceptors (Lipinski definition) is 4. The molecule has 1 N–H and O–H groups in total. The van der Waals surface area contributed by atoms with E-state index in [1.165, 1.54) is 4.88 Å². The number of rotatable bonds is 5. The van der Waals surface area contributed by atoms with E-state index in [0.717, 1.165) is 30.7 Å². The van der Waals surface area contributed by atoms with Crippen LogP contribution in [-0.4, -0.2) is 36.2 Å². The SMILES string of the molecule is COc1ccccc1C(c1cccs1)N1CCCC(C(=O)O)C1. The highest BCUT2D eigenvalue weighted by atomic mass is 32.1. The fourth-order valence-corrected chi connectivity index (χ4v) is 4.19. The lowest BCUT2D eigenvalue weighted by Crippen LogP contribution is -2.41. The van der Waals surface area contributed by atoms with Crippen LogP contribution in [0.4, 0.5) is 0 Å². The molecule has 23 heavy (non-hydrogen) atoms. The highest BCUT2D eigenvalue weighted by Crippen LogP contribution is 2.38. The normalized spacial score (nSPS) is 20.1. The summed E-state index contributed by atoms with van der Waals surface area (Å²) < 4.78 is 5.55. The van der Waals surface area contributed by atoms with Crippen molar-refractivity contribution in [3.05, 3.63) is 52.2 Å². The molecule has 2 aromatic rings. The number of thiophene rings is 1. The molecule has 0 spiro atoms. The van der Waals surface area contributed by atoms with Crippen molar-refractivity contribution in [2.45, 2.75) is 18.9 Å². The fourth-order valence-electron chi connectivity index (χ4n) is 3.31. The number of para-hydroxylation sites is 1. The zero-order valence-electron chi connectivity index (χ0n) is 13.1. The molecular formula is C18H21NO3S. The summed E-state index contributed by atoms with van der Waals surface area (Å²) in [7, 11) is 1.68. The minimum atomic E-state index is -0.695. The summed E-state index contributed by atoms with van der Waals surface area (Å²) in [6.45, 7) is 1.49. The number of hydrogen-bond donors (Lipinski definition) is 1. The largest absolute Gasteiger partial charge is 0.496 e. The molecule has 2 atom stereocenters. The van der Waals surface area contributed by atoms with Crippen LogP contribution in [0.15, 0.2) is 41.8 Å². The summed E-state index contributed by atoms with van der Waals surface area (Å²) >= 11 is 1.70. The molecule has 1 fully saturated rings. The number of carboxylic acid groups (broad SMARTS) is 1. The highest BCUT2D eigenvalue weighted by molar-refractivity contribution is 7.10. The summed E-state index contributed by atoms with van der Waals surface area (Å²) in [6.07, 6.45) is 1.67. The van der Waals surface area contributed by atoms with Gasteiger partial charge >= 0.3 is 5.97 Å². The maximum atomic E-state index is 11.4. The number of ether oxygens (including phenoxy) is 1. The number of nitrogens with zero attached hydrogens (tertiary/aromatic N) is 1. The van der Waals surface area contributed by atoms with Crippen LogP contribution in [0.1, 0.15) is 29.3 Å². The molecule has 122 valence electrons. The van der Waals surface area contributed by atoms with Gasteiger partial charge in [0.25, 0.3) is 0 Å². The standard InChI is InChI=1S/C18H21NO3S/c1-22-15-8-3-2-7-14(15)17(16-9-5-11-23-16)19-10-4-6-13(12-19)18(20)21/h2-3,5,7-9,11,13,17H,4,6,10,12H2,1H3,(H,20,21). The van der Waals surface area contributed by atoms with Crippen molar-refractivity contribution in [3.63, 3.8) is 0 Å². The second kappa shape index (κ2) is 7.15. The Morgan fingerprint density at radius 1 is 1.35 bits per heavy atom. The van der Waals surface area contributed by atoms with Crippen molar-refractivity contribution in [1.29, 1.82) is 0 Å². The van der Waals surface area contributed by atoms with Crippen molar-refractivity contribution in [1.82, 2.24) is 4.90 Å². The van der Waals surface area contributed by atoms with Crippen LogP contribution in [0.2, 0.25) is 0 Å². The number of benzene rings is 1. The van der Waals surface area contributed by atoms with Crippen LogP contribution in [0.5, 0.6) is 5.75 Å². The maximum Gasteiger partial charge on any atom is 0.307 e. The maximum absolute atomic E-state index is 11.4. The van der Waals surface area contributed by atoms with Crippen molar-refractivity contribution < 1.29 is 14.6 Å². The lowest BCUT2D eigenvalue weighted by molar-refractivity contribution is -0.143. The number of carboxylic acids is 1. The molecule has 0 aliphatic carbocycles. The third kappa shape index (κ3) is 3.41. The smallest absolute Gasteiger partial charge is 0.307 e. The molecule has 1 aliphatic heterocycles. The van der Waals surface area contributed by atoms with E-state index in [-0.39, 0.29) is 12.0 Å². The van der Waals surface area contributed by atoms with E-state index in [4.69, 9.17) is 4.74 Å². The summed E-state index contributed by atoms with van der Waals surface area (Å²) in [5, 5.41) is 11.5. The fraction of sp³-hybridized carbons (Fsp3) is 0.389. The van der Waals surface area contributed by atoms with E-state index in [9.17, 15) is 9.90 Å². The molecule has 2 heterocycles. The molecule has 5 heteroatoms. The molecule has 0 amide bonds.